The van der Waals surface area contributed by atoms with E-state index in [0.29, 0.717) is 32.9 Å². The van der Waals surface area contributed by atoms with Crippen LogP contribution in [0.25, 0.3) is 0 Å². The third kappa shape index (κ3) is 4.28. The minimum Gasteiger partial charge on any atom is -0.447 e. The minimum atomic E-state index is -0.306. The number of hydrogen-bond acceptors (Lipinski definition) is 6. The number of thiophene rings is 1. The standard InChI is InChI=1S/C19H26N2O5S/c22-18(17-11-14-12-25-8-4-16(14)27-17)21-5-2-1-3-15(21)13-26-19(23)20-6-9-24-10-7-20/h11,15H,1-10,12-13H2. The summed E-state index contributed by atoms with van der Waals surface area (Å²) in [4.78, 5) is 31.0. The third-order valence-corrected chi connectivity index (χ3v) is 6.62. The highest BCUT2D eigenvalue weighted by Gasteiger charge is 2.31. The molecule has 1 aromatic heterocycles. The number of nitrogens with zero attached hydrogens (tertiary/aromatic N) is 2. The molecule has 0 bridgehead atoms. The number of amides is 2. The lowest BCUT2D eigenvalue weighted by atomic mass is 10.0. The third-order valence-electron chi connectivity index (χ3n) is 5.39. The second kappa shape index (κ2) is 8.58. The first-order valence-electron chi connectivity index (χ1n) is 9.72. The van der Waals surface area contributed by atoms with E-state index < -0.39 is 0 Å². The van der Waals surface area contributed by atoms with Crippen LogP contribution < -0.4 is 0 Å². The molecule has 1 unspecified atom stereocenters. The van der Waals surface area contributed by atoms with Crippen LogP contribution in [0.3, 0.4) is 0 Å². The highest BCUT2D eigenvalue weighted by molar-refractivity contribution is 7.14. The zero-order chi connectivity index (χ0) is 18.6. The maximum atomic E-state index is 13.1. The molecule has 1 atom stereocenters. The fourth-order valence-corrected chi connectivity index (χ4v) is 4.95. The molecule has 2 saturated heterocycles. The Morgan fingerprint density at radius 1 is 1.15 bits per heavy atom. The van der Waals surface area contributed by atoms with Crippen LogP contribution in [-0.4, -0.2) is 73.9 Å². The second-order valence-corrected chi connectivity index (χ2v) is 8.32. The van der Waals surface area contributed by atoms with Gasteiger partial charge in [-0.15, -0.1) is 11.3 Å². The molecule has 3 aliphatic rings. The summed E-state index contributed by atoms with van der Waals surface area (Å²) in [7, 11) is 0. The van der Waals surface area contributed by atoms with E-state index in [1.54, 1.807) is 16.2 Å². The van der Waals surface area contributed by atoms with Crippen LogP contribution in [0.4, 0.5) is 4.79 Å². The van der Waals surface area contributed by atoms with E-state index in [-0.39, 0.29) is 24.6 Å². The summed E-state index contributed by atoms with van der Waals surface area (Å²) in [6.45, 7) is 4.54. The molecule has 3 aliphatic heterocycles. The van der Waals surface area contributed by atoms with E-state index in [4.69, 9.17) is 14.2 Å². The van der Waals surface area contributed by atoms with Gasteiger partial charge in [0.15, 0.2) is 0 Å². The van der Waals surface area contributed by atoms with Gasteiger partial charge in [-0.2, -0.15) is 0 Å². The van der Waals surface area contributed by atoms with Crippen molar-refractivity contribution in [2.45, 2.75) is 38.3 Å². The summed E-state index contributed by atoms with van der Waals surface area (Å²) < 4.78 is 16.3. The molecule has 0 radical (unpaired) electrons. The summed E-state index contributed by atoms with van der Waals surface area (Å²) in [6, 6.07) is 1.93. The Balaban J connectivity index is 1.38. The zero-order valence-electron chi connectivity index (χ0n) is 15.5. The van der Waals surface area contributed by atoms with E-state index >= 15 is 0 Å². The normalized spacial score (nSPS) is 23.0. The number of carbonyl (C=O) groups is 2. The molecule has 1 aromatic rings. The highest BCUT2D eigenvalue weighted by Crippen LogP contribution is 2.29. The molecular weight excluding hydrogens is 368 g/mol. The van der Waals surface area contributed by atoms with Gasteiger partial charge in [0.1, 0.15) is 6.61 Å². The van der Waals surface area contributed by atoms with Crippen LogP contribution in [0.2, 0.25) is 0 Å². The Labute approximate surface area is 163 Å². The Morgan fingerprint density at radius 3 is 2.81 bits per heavy atom. The van der Waals surface area contributed by atoms with Crippen LogP contribution >= 0.6 is 11.3 Å². The predicted octanol–water partition coefficient (Wildman–Crippen LogP) is 2.28. The molecule has 2 amide bonds. The maximum absolute atomic E-state index is 13.1. The Morgan fingerprint density at radius 2 is 2.00 bits per heavy atom. The molecular formula is C19H26N2O5S. The van der Waals surface area contributed by atoms with E-state index in [0.717, 1.165) is 49.3 Å². The Hall–Kier alpha value is -1.64. The number of rotatable bonds is 3. The summed E-state index contributed by atoms with van der Waals surface area (Å²) in [6.07, 6.45) is 3.50. The number of hydrogen-bond donors (Lipinski definition) is 0. The highest BCUT2D eigenvalue weighted by atomic mass is 32.1. The van der Waals surface area contributed by atoms with Crippen molar-refractivity contribution in [3.63, 3.8) is 0 Å². The van der Waals surface area contributed by atoms with Crippen LogP contribution in [0.1, 0.15) is 39.4 Å². The molecule has 0 N–H and O–H groups in total. The number of fused-ring (bicyclic) bond motifs is 1. The number of likely N-dealkylation sites (tertiary alicyclic amines) is 1. The fourth-order valence-electron chi connectivity index (χ4n) is 3.84. The fraction of sp³-hybridized carbons (Fsp3) is 0.684. The van der Waals surface area contributed by atoms with Crippen LogP contribution in [-0.2, 0) is 27.2 Å². The average Bonchev–Trinajstić information content (AvgIpc) is 3.16. The van der Waals surface area contributed by atoms with Gasteiger partial charge in [0.2, 0.25) is 0 Å². The number of morpholine rings is 1. The van der Waals surface area contributed by atoms with Crippen molar-refractivity contribution in [2.75, 3.05) is 46.1 Å². The number of piperidine rings is 1. The van der Waals surface area contributed by atoms with Crippen LogP contribution in [0.15, 0.2) is 6.07 Å². The SMILES string of the molecule is O=C(OCC1CCCCN1C(=O)c1cc2c(s1)CCOC2)N1CCOCC1. The van der Waals surface area contributed by atoms with Gasteiger partial charge in [-0.05, 0) is 30.9 Å². The first-order valence-corrected chi connectivity index (χ1v) is 10.5. The lowest BCUT2D eigenvalue weighted by Crippen LogP contribution is -2.47. The van der Waals surface area contributed by atoms with Crippen molar-refractivity contribution >= 4 is 23.3 Å². The lowest BCUT2D eigenvalue weighted by molar-refractivity contribution is 0.0131. The van der Waals surface area contributed by atoms with E-state index in [9.17, 15) is 9.59 Å². The van der Waals surface area contributed by atoms with Crippen molar-refractivity contribution in [1.82, 2.24) is 9.80 Å². The summed E-state index contributed by atoms with van der Waals surface area (Å²) in [5.74, 6) is 0.0570. The zero-order valence-corrected chi connectivity index (χ0v) is 16.3. The molecule has 4 rings (SSSR count). The summed E-state index contributed by atoms with van der Waals surface area (Å²) in [5, 5.41) is 0. The van der Waals surface area contributed by atoms with Gasteiger partial charge in [-0.1, -0.05) is 0 Å². The molecule has 7 nitrogen and oxygen atoms in total. The quantitative estimate of drug-likeness (QED) is 0.787. The first kappa shape index (κ1) is 18.7. The number of ether oxygens (including phenoxy) is 3. The Kier molecular flexibility index (Phi) is 5.95. The van der Waals surface area contributed by atoms with Gasteiger partial charge in [-0.25, -0.2) is 4.79 Å². The van der Waals surface area contributed by atoms with Gasteiger partial charge < -0.3 is 24.0 Å². The maximum Gasteiger partial charge on any atom is 0.409 e. The molecule has 4 heterocycles. The van der Waals surface area contributed by atoms with Gasteiger partial charge >= 0.3 is 6.09 Å². The molecule has 0 spiro atoms. The monoisotopic (exact) mass is 394 g/mol. The van der Waals surface area contributed by atoms with Gasteiger partial charge in [0, 0.05) is 30.9 Å². The van der Waals surface area contributed by atoms with Gasteiger partial charge in [0.05, 0.1) is 37.3 Å². The Bertz CT molecular complexity index is 662. The van der Waals surface area contributed by atoms with Gasteiger partial charge in [-0.3, -0.25) is 4.79 Å². The molecule has 2 fully saturated rings. The molecule has 0 aromatic carbocycles. The lowest BCUT2D eigenvalue weighted by Gasteiger charge is -2.35. The van der Waals surface area contributed by atoms with Crippen LogP contribution in [0, 0.1) is 0 Å². The van der Waals surface area contributed by atoms with E-state index in [2.05, 4.69) is 0 Å². The van der Waals surface area contributed by atoms with E-state index in [1.165, 1.54) is 4.88 Å². The van der Waals surface area contributed by atoms with Crippen molar-refractivity contribution in [3.8, 4) is 0 Å². The minimum absolute atomic E-state index is 0.0494. The largest absolute Gasteiger partial charge is 0.447 e. The summed E-state index contributed by atoms with van der Waals surface area (Å²) in [5.41, 5.74) is 1.14. The topological polar surface area (TPSA) is 68.3 Å². The van der Waals surface area contributed by atoms with Crippen molar-refractivity contribution in [2.24, 2.45) is 0 Å². The van der Waals surface area contributed by atoms with Crippen LogP contribution in [0.5, 0.6) is 0 Å². The molecule has 148 valence electrons. The number of carbonyl (C=O) groups excluding carboxylic acids is 2. The molecule has 8 heteroatoms. The second-order valence-electron chi connectivity index (χ2n) is 7.19. The van der Waals surface area contributed by atoms with Crippen molar-refractivity contribution in [3.05, 3.63) is 21.4 Å². The predicted molar refractivity (Wildman–Crippen MR) is 100 cm³/mol. The average molecular weight is 394 g/mol. The molecule has 0 aliphatic carbocycles. The molecule has 27 heavy (non-hydrogen) atoms. The smallest absolute Gasteiger partial charge is 0.409 e. The van der Waals surface area contributed by atoms with Crippen molar-refractivity contribution < 1.29 is 23.8 Å². The van der Waals surface area contributed by atoms with E-state index in [1.807, 2.05) is 11.0 Å². The first-order chi connectivity index (χ1) is 13.2. The molecule has 0 saturated carbocycles. The van der Waals surface area contributed by atoms with Crippen molar-refractivity contribution in [1.29, 1.82) is 0 Å². The summed E-state index contributed by atoms with van der Waals surface area (Å²) >= 11 is 1.59. The van der Waals surface area contributed by atoms with Gasteiger partial charge in [0.25, 0.3) is 5.91 Å².